The lowest BCUT2D eigenvalue weighted by Crippen LogP contribution is -2.09. The number of phenolic OH excluding ortho intramolecular Hbond substituents is 1. The molecule has 142 valence electrons. The van der Waals surface area contributed by atoms with E-state index < -0.39 is 0 Å². The summed E-state index contributed by atoms with van der Waals surface area (Å²) in [5, 5.41) is 10.4. The third kappa shape index (κ3) is 4.36. The number of fused-ring (bicyclic) bond motifs is 1. The standard InChI is InChI=1S/C24H28O3/c1-6-26-19-9-10-21(22(25)14-19)18-13-17-8-7-16(2)20(23(17)27-15-18)11-12-24(3,4)5/h7-14,25H,6,15H2,1-5H3/b12-11-. The zero-order chi connectivity index (χ0) is 19.6. The molecule has 0 radical (unpaired) electrons. The van der Waals surface area contributed by atoms with Gasteiger partial charge in [-0.05, 0) is 43.0 Å². The van der Waals surface area contributed by atoms with E-state index in [1.165, 1.54) is 5.56 Å². The van der Waals surface area contributed by atoms with Gasteiger partial charge in [0.15, 0.2) is 0 Å². The second kappa shape index (κ2) is 7.51. The van der Waals surface area contributed by atoms with Crippen LogP contribution in [-0.4, -0.2) is 18.3 Å². The number of ether oxygens (including phenoxy) is 2. The Labute approximate surface area is 162 Å². The van der Waals surface area contributed by atoms with Gasteiger partial charge in [0.1, 0.15) is 23.9 Å². The van der Waals surface area contributed by atoms with Crippen LogP contribution >= 0.6 is 0 Å². The molecule has 3 heteroatoms. The van der Waals surface area contributed by atoms with Gasteiger partial charge >= 0.3 is 0 Å². The van der Waals surface area contributed by atoms with Gasteiger partial charge in [0.2, 0.25) is 0 Å². The lowest BCUT2D eigenvalue weighted by molar-refractivity contribution is 0.337. The third-order valence-electron chi connectivity index (χ3n) is 4.52. The van der Waals surface area contributed by atoms with E-state index in [4.69, 9.17) is 9.47 Å². The Bertz CT molecular complexity index is 899. The predicted octanol–water partition coefficient (Wildman–Crippen LogP) is 6.09. The summed E-state index contributed by atoms with van der Waals surface area (Å²) in [6.45, 7) is 11.6. The maximum absolute atomic E-state index is 10.4. The maximum Gasteiger partial charge on any atom is 0.134 e. The Morgan fingerprint density at radius 1 is 1.19 bits per heavy atom. The minimum absolute atomic E-state index is 0.110. The van der Waals surface area contributed by atoms with Crippen molar-refractivity contribution in [1.82, 2.24) is 0 Å². The van der Waals surface area contributed by atoms with E-state index in [9.17, 15) is 5.11 Å². The number of aromatic hydroxyl groups is 1. The molecule has 1 heterocycles. The third-order valence-corrected chi connectivity index (χ3v) is 4.52. The first-order valence-electron chi connectivity index (χ1n) is 9.41. The predicted molar refractivity (Wildman–Crippen MR) is 112 cm³/mol. The fraction of sp³-hybridized carbons (Fsp3) is 0.333. The van der Waals surface area contributed by atoms with Crippen LogP contribution in [0.1, 0.15) is 49.9 Å². The van der Waals surface area contributed by atoms with Gasteiger partial charge in [0.25, 0.3) is 0 Å². The molecule has 0 aliphatic carbocycles. The number of benzene rings is 2. The molecule has 0 atom stereocenters. The van der Waals surface area contributed by atoms with E-state index in [-0.39, 0.29) is 11.2 Å². The molecule has 0 amide bonds. The van der Waals surface area contributed by atoms with Gasteiger partial charge in [-0.1, -0.05) is 45.1 Å². The first-order valence-corrected chi connectivity index (χ1v) is 9.41. The van der Waals surface area contributed by atoms with E-state index >= 15 is 0 Å². The zero-order valence-electron chi connectivity index (χ0n) is 16.8. The Morgan fingerprint density at radius 3 is 2.63 bits per heavy atom. The van der Waals surface area contributed by atoms with Crippen molar-refractivity contribution < 1.29 is 14.6 Å². The molecule has 0 fully saturated rings. The van der Waals surface area contributed by atoms with Crippen LogP contribution in [-0.2, 0) is 0 Å². The summed E-state index contributed by atoms with van der Waals surface area (Å²) in [5.74, 6) is 1.78. The summed E-state index contributed by atoms with van der Waals surface area (Å²) in [6.07, 6.45) is 6.46. The lowest BCUT2D eigenvalue weighted by Gasteiger charge is -2.22. The van der Waals surface area contributed by atoms with Gasteiger partial charge in [-0.15, -0.1) is 0 Å². The van der Waals surface area contributed by atoms with E-state index in [0.29, 0.717) is 19.0 Å². The summed E-state index contributed by atoms with van der Waals surface area (Å²) in [4.78, 5) is 0. The van der Waals surface area contributed by atoms with Crippen molar-refractivity contribution in [2.45, 2.75) is 34.6 Å². The fourth-order valence-electron chi connectivity index (χ4n) is 3.10. The number of phenols is 1. The summed E-state index contributed by atoms with van der Waals surface area (Å²) >= 11 is 0. The molecule has 1 N–H and O–H groups in total. The molecule has 27 heavy (non-hydrogen) atoms. The molecule has 0 aromatic heterocycles. The van der Waals surface area contributed by atoms with Crippen molar-refractivity contribution in [2.24, 2.45) is 5.41 Å². The quantitative estimate of drug-likeness (QED) is 0.713. The normalized spacial score (nSPS) is 13.9. The molecule has 2 aromatic rings. The number of hydrogen-bond donors (Lipinski definition) is 1. The van der Waals surface area contributed by atoms with Crippen LogP contribution in [0.5, 0.6) is 17.2 Å². The maximum atomic E-state index is 10.4. The van der Waals surface area contributed by atoms with Crippen LogP contribution in [0, 0.1) is 12.3 Å². The average molecular weight is 364 g/mol. The molecule has 0 saturated heterocycles. The van der Waals surface area contributed by atoms with Crippen molar-refractivity contribution in [2.75, 3.05) is 13.2 Å². The highest BCUT2D eigenvalue weighted by molar-refractivity contribution is 5.89. The highest BCUT2D eigenvalue weighted by atomic mass is 16.5. The smallest absolute Gasteiger partial charge is 0.134 e. The Kier molecular flexibility index (Phi) is 5.31. The highest BCUT2D eigenvalue weighted by Gasteiger charge is 2.19. The molecule has 2 aromatic carbocycles. The monoisotopic (exact) mass is 364 g/mol. The highest BCUT2D eigenvalue weighted by Crippen LogP contribution is 2.39. The van der Waals surface area contributed by atoms with E-state index in [1.807, 2.05) is 19.1 Å². The van der Waals surface area contributed by atoms with Gasteiger partial charge in [-0.2, -0.15) is 0 Å². The molecular formula is C24H28O3. The molecule has 0 unspecified atom stereocenters. The molecule has 3 nitrogen and oxygen atoms in total. The van der Waals surface area contributed by atoms with Gasteiger partial charge in [0.05, 0.1) is 6.61 Å². The SMILES string of the molecule is CCOc1ccc(C2=Cc3ccc(C)c(/C=C\C(C)(C)C)c3OC2)c(O)c1. The Morgan fingerprint density at radius 2 is 1.96 bits per heavy atom. The van der Waals surface area contributed by atoms with E-state index in [1.54, 1.807) is 6.07 Å². The van der Waals surface area contributed by atoms with Crippen LogP contribution in [0.2, 0.25) is 0 Å². The number of hydrogen-bond acceptors (Lipinski definition) is 3. The molecule has 0 saturated carbocycles. The van der Waals surface area contributed by atoms with Gasteiger partial charge in [-0.3, -0.25) is 0 Å². The second-order valence-corrected chi connectivity index (χ2v) is 7.98. The van der Waals surface area contributed by atoms with Gasteiger partial charge in [-0.25, -0.2) is 0 Å². The minimum Gasteiger partial charge on any atom is -0.507 e. The van der Waals surface area contributed by atoms with Crippen LogP contribution in [0.15, 0.2) is 36.4 Å². The topological polar surface area (TPSA) is 38.7 Å². The largest absolute Gasteiger partial charge is 0.507 e. The first-order chi connectivity index (χ1) is 12.8. The first kappa shape index (κ1) is 19.1. The van der Waals surface area contributed by atoms with Gasteiger partial charge in [0, 0.05) is 28.3 Å². The fourth-order valence-corrected chi connectivity index (χ4v) is 3.10. The molecule has 1 aliphatic rings. The van der Waals surface area contributed by atoms with Crippen LogP contribution in [0.4, 0.5) is 0 Å². The Balaban J connectivity index is 1.99. The second-order valence-electron chi connectivity index (χ2n) is 7.98. The minimum atomic E-state index is 0.110. The molecule has 3 rings (SSSR count). The number of aryl methyl sites for hydroxylation is 1. The number of allylic oxidation sites excluding steroid dienone is 1. The van der Waals surface area contributed by atoms with Crippen LogP contribution in [0.3, 0.4) is 0 Å². The number of rotatable bonds is 4. The summed E-state index contributed by atoms with van der Waals surface area (Å²) in [5.41, 5.74) is 5.18. The zero-order valence-corrected chi connectivity index (χ0v) is 16.8. The summed E-state index contributed by atoms with van der Waals surface area (Å²) < 4.78 is 11.6. The molecule has 0 spiro atoms. The summed E-state index contributed by atoms with van der Waals surface area (Å²) in [7, 11) is 0. The van der Waals surface area contributed by atoms with Crippen molar-refractivity contribution in [3.63, 3.8) is 0 Å². The van der Waals surface area contributed by atoms with E-state index in [2.05, 4.69) is 58.1 Å². The summed E-state index contributed by atoms with van der Waals surface area (Å²) in [6, 6.07) is 9.60. The molecule has 0 bridgehead atoms. The lowest BCUT2D eigenvalue weighted by atomic mass is 9.92. The van der Waals surface area contributed by atoms with Crippen molar-refractivity contribution in [3.05, 3.63) is 58.7 Å². The Hall–Kier alpha value is -2.68. The van der Waals surface area contributed by atoms with E-state index in [0.717, 1.165) is 28.0 Å². The molecule has 1 aliphatic heterocycles. The van der Waals surface area contributed by atoms with Gasteiger partial charge < -0.3 is 14.6 Å². The van der Waals surface area contributed by atoms with Crippen molar-refractivity contribution in [1.29, 1.82) is 0 Å². The molecular weight excluding hydrogens is 336 g/mol. The van der Waals surface area contributed by atoms with Crippen LogP contribution in [0.25, 0.3) is 17.7 Å². The van der Waals surface area contributed by atoms with Crippen LogP contribution < -0.4 is 9.47 Å². The van der Waals surface area contributed by atoms with Crippen molar-refractivity contribution >= 4 is 17.7 Å². The average Bonchev–Trinajstić information content (AvgIpc) is 2.60. The van der Waals surface area contributed by atoms with Crippen molar-refractivity contribution in [3.8, 4) is 17.2 Å².